The Bertz CT molecular complexity index is 1270. The van der Waals surface area contributed by atoms with Crippen LogP contribution in [-0.4, -0.2) is 43.6 Å². The predicted octanol–water partition coefficient (Wildman–Crippen LogP) is 4.74. The summed E-state index contributed by atoms with van der Waals surface area (Å²) in [6.45, 7) is 8.66. The van der Waals surface area contributed by atoms with Gasteiger partial charge in [0.25, 0.3) is 5.91 Å². The van der Waals surface area contributed by atoms with Crippen LogP contribution >= 0.6 is 0 Å². The lowest BCUT2D eigenvalue weighted by Gasteiger charge is -2.31. The normalized spacial score (nSPS) is 16.6. The van der Waals surface area contributed by atoms with Gasteiger partial charge in [0.1, 0.15) is 0 Å². The van der Waals surface area contributed by atoms with Crippen LogP contribution in [0.5, 0.6) is 0 Å². The molecule has 0 saturated carbocycles. The first-order chi connectivity index (χ1) is 15.6. The molecule has 4 heterocycles. The van der Waals surface area contributed by atoms with Gasteiger partial charge in [-0.1, -0.05) is 5.16 Å². The minimum absolute atomic E-state index is 0.0412. The highest BCUT2D eigenvalue weighted by molar-refractivity contribution is 5.99. The Morgan fingerprint density at radius 1 is 1.25 bits per heavy atom. The average Bonchev–Trinajstić information content (AvgIpc) is 3.43. The minimum atomic E-state index is 0.0412. The van der Waals surface area contributed by atoms with Crippen molar-refractivity contribution in [2.75, 3.05) is 13.1 Å². The number of amides is 1. The van der Waals surface area contributed by atoms with Crippen LogP contribution in [0, 0.1) is 13.8 Å². The van der Waals surface area contributed by atoms with Crippen molar-refractivity contribution in [1.82, 2.24) is 24.6 Å². The Morgan fingerprint density at radius 3 is 2.91 bits per heavy atom. The Hall–Kier alpha value is -3.48. The molecule has 0 radical (unpaired) electrons. The number of rotatable bonds is 4. The third kappa shape index (κ3) is 3.47. The first kappa shape index (κ1) is 20.4. The van der Waals surface area contributed by atoms with Crippen molar-refractivity contribution in [2.24, 2.45) is 0 Å². The van der Waals surface area contributed by atoms with E-state index in [4.69, 9.17) is 4.52 Å². The van der Waals surface area contributed by atoms with E-state index in [1.165, 1.54) is 16.8 Å². The molecule has 7 nitrogen and oxygen atoms in total. The van der Waals surface area contributed by atoms with E-state index in [1.54, 1.807) is 12.4 Å². The Balaban J connectivity index is 1.37. The fourth-order valence-corrected chi connectivity index (χ4v) is 4.75. The standard InChI is InChI=1S/C25H27N5O2/c1-4-30-17(3)16(2)21-13-18(9-10-22(21)30)25(31)29-12-6-8-20(15-29)24-27-23(28-32-24)19-7-5-11-26-14-19/h5,7,9-11,13-14,20H,4,6,8,12,15H2,1-3H3/t20-/m1/s1. The first-order valence-electron chi connectivity index (χ1n) is 11.2. The number of carbonyl (C=O) groups is 1. The van der Waals surface area contributed by atoms with Crippen molar-refractivity contribution < 1.29 is 9.32 Å². The zero-order valence-electron chi connectivity index (χ0n) is 18.7. The van der Waals surface area contributed by atoms with Crippen LogP contribution in [0.1, 0.15) is 53.2 Å². The maximum absolute atomic E-state index is 13.4. The zero-order valence-corrected chi connectivity index (χ0v) is 18.7. The molecule has 1 aliphatic rings. The molecule has 1 aromatic carbocycles. The van der Waals surface area contributed by atoms with E-state index in [-0.39, 0.29) is 11.8 Å². The number of hydrogen-bond donors (Lipinski definition) is 0. The topological polar surface area (TPSA) is 77.1 Å². The Morgan fingerprint density at radius 2 is 2.12 bits per heavy atom. The van der Waals surface area contributed by atoms with E-state index in [9.17, 15) is 4.79 Å². The minimum Gasteiger partial charge on any atom is -0.345 e. The summed E-state index contributed by atoms with van der Waals surface area (Å²) in [6, 6.07) is 9.83. The molecule has 1 amide bonds. The first-order valence-corrected chi connectivity index (χ1v) is 11.2. The number of pyridine rings is 1. The lowest BCUT2D eigenvalue weighted by Crippen LogP contribution is -2.39. The monoisotopic (exact) mass is 429 g/mol. The maximum Gasteiger partial charge on any atom is 0.253 e. The molecule has 0 unspecified atom stereocenters. The van der Waals surface area contributed by atoms with Gasteiger partial charge < -0.3 is 14.0 Å². The van der Waals surface area contributed by atoms with Crippen LogP contribution in [-0.2, 0) is 6.54 Å². The second kappa shape index (κ2) is 8.22. The molecule has 164 valence electrons. The van der Waals surface area contributed by atoms with Gasteiger partial charge in [0.05, 0.1) is 5.92 Å². The van der Waals surface area contributed by atoms with Crippen molar-refractivity contribution in [1.29, 1.82) is 0 Å². The molecular formula is C25H27N5O2. The van der Waals surface area contributed by atoms with Crippen molar-refractivity contribution in [3.05, 3.63) is 65.4 Å². The molecule has 0 bridgehead atoms. The number of aromatic nitrogens is 4. The smallest absolute Gasteiger partial charge is 0.253 e. The number of nitrogens with zero attached hydrogens (tertiary/aromatic N) is 5. The summed E-state index contributed by atoms with van der Waals surface area (Å²) in [5.41, 5.74) is 5.23. The van der Waals surface area contributed by atoms with E-state index < -0.39 is 0 Å². The fourth-order valence-electron chi connectivity index (χ4n) is 4.75. The molecule has 1 fully saturated rings. The van der Waals surface area contributed by atoms with Crippen molar-refractivity contribution in [3.8, 4) is 11.4 Å². The van der Waals surface area contributed by atoms with Gasteiger partial charge in [-0.25, -0.2) is 0 Å². The van der Waals surface area contributed by atoms with E-state index in [2.05, 4.69) is 46.5 Å². The van der Waals surface area contributed by atoms with E-state index in [0.717, 1.165) is 42.4 Å². The van der Waals surface area contributed by atoms with E-state index in [1.807, 2.05) is 29.2 Å². The second-order valence-electron chi connectivity index (χ2n) is 8.47. The average molecular weight is 430 g/mol. The molecule has 0 aliphatic carbocycles. The number of hydrogen-bond acceptors (Lipinski definition) is 5. The molecule has 7 heteroatoms. The van der Waals surface area contributed by atoms with Gasteiger partial charge in [-0.15, -0.1) is 0 Å². The van der Waals surface area contributed by atoms with Crippen LogP contribution in [0.25, 0.3) is 22.3 Å². The summed E-state index contributed by atoms with van der Waals surface area (Å²) >= 11 is 0. The quantitative estimate of drug-likeness (QED) is 0.468. The van der Waals surface area contributed by atoms with Gasteiger partial charge in [0.2, 0.25) is 11.7 Å². The summed E-state index contributed by atoms with van der Waals surface area (Å²) in [6.07, 6.45) is 5.27. The van der Waals surface area contributed by atoms with Crippen LogP contribution in [0.4, 0.5) is 0 Å². The highest BCUT2D eigenvalue weighted by atomic mass is 16.5. The Kier molecular flexibility index (Phi) is 5.25. The molecule has 5 rings (SSSR count). The second-order valence-corrected chi connectivity index (χ2v) is 8.47. The number of aryl methyl sites for hydroxylation is 2. The van der Waals surface area contributed by atoms with Gasteiger partial charge in [0, 0.05) is 59.8 Å². The van der Waals surface area contributed by atoms with E-state index in [0.29, 0.717) is 18.3 Å². The SMILES string of the molecule is CCn1c(C)c(C)c2cc(C(=O)N3CCC[C@@H](c4nc(-c5cccnc5)no4)C3)ccc21. The van der Waals surface area contributed by atoms with Gasteiger partial charge in [-0.2, -0.15) is 4.98 Å². The summed E-state index contributed by atoms with van der Waals surface area (Å²) in [5, 5.41) is 5.27. The lowest BCUT2D eigenvalue weighted by molar-refractivity contribution is 0.0696. The summed E-state index contributed by atoms with van der Waals surface area (Å²) in [4.78, 5) is 24.0. The van der Waals surface area contributed by atoms with Gasteiger partial charge in [-0.3, -0.25) is 9.78 Å². The molecule has 1 saturated heterocycles. The number of carbonyl (C=O) groups excluding carboxylic acids is 1. The highest BCUT2D eigenvalue weighted by Gasteiger charge is 2.29. The van der Waals surface area contributed by atoms with Crippen LogP contribution in [0.3, 0.4) is 0 Å². The Labute approximate surface area is 187 Å². The summed E-state index contributed by atoms with van der Waals surface area (Å²) in [5.74, 6) is 1.22. The predicted molar refractivity (Wildman–Crippen MR) is 122 cm³/mol. The molecule has 4 aromatic rings. The van der Waals surface area contributed by atoms with Crippen molar-refractivity contribution in [2.45, 2.75) is 46.1 Å². The molecule has 32 heavy (non-hydrogen) atoms. The van der Waals surface area contributed by atoms with Crippen molar-refractivity contribution in [3.63, 3.8) is 0 Å². The highest BCUT2D eigenvalue weighted by Crippen LogP contribution is 2.30. The molecule has 1 aliphatic heterocycles. The van der Waals surface area contributed by atoms with Gasteiger partial charge in [0.15, 0.2) is 0 Å². The number of fused-ring (bicyclic) bond motifs is 1. The van der Waals surface area contributed by atoms with Crippen molar-refractivity contribution >= 4 is 16.8 Å². The zero-order chi connectivity index (χ0) is 22.2. The molecule has 0 N–H and O–H groups in total. The number of benzene rings is 1. The number of likely N-dealkylation sites (tertiary alicyclic amines) is 1. The molecule has 0 spiro atoms. The van der Waals surface area contributed by atoms with E-state index >= 15 is 0 Å². The molecule has 1 atom stereocenters. The largest absolute Gasteiger partial charge is 0.345 e. The van der Waals surface area contributed by atoms with Crippen LogP contribution in [0.2, 0.25) is 0 Å². The molecule has 3 aromatic heterocycles. The van der Waals surface area contributed by atoms with Crippen LogP contribution < -0.4 is 0 Å². The fraction of sp³-hybridized carbons (Fsp3) is 0.360. The van der Waals surface area contributed by atoms with Gasteiger partial charge >= 0.3 is 0 Å². The van der Waals surface area contributed by atoms with Crippen LogP contribution in [0.15, 0.2) is 47.2 Å². The van der Waals surface area contributed by atoms with Gasteiger partial charge in [-0.05, 0) is 69.5 Å². The third-order valence-electron chi connectivity index (χ3n) is 6.62. The third-order valence-corrected chi connectivity index (χ3v) is 6.62. The lowest BCUT2D eigenvalue weighted by atomic mass is 9.97. The summed E-state index contributed by atoms with van der Waals surface area (Å²) in [7, 11) is 0. The maximum atomic E-state index is 13.4. The summed E-state index contributed by atoms with van der Waals surface area (Å²) < 4.78 is 7.86. The molecular weight excluding hydrogens is 402 g/mol. The number of piperidine rings is 1.